The minimum atomic E-state index is 0. The SMILES string of the molecule is Cl.NCC1CCCN1C(=O)c1cccc(NC(=O)C2CCCCC2)c1. The van der Waals surface area contributed by atoms with Gasteiger partial charge < -0.3 is 16.0 Å². The molecular weight excluding hydrogens is 338 g/mol. The Kier molecular flexibility index (Phi) is 7.26. The lowest BCUT2D eigenvalue weighted by atomic mass is 9.88. The van der Waals surface area contributed by atoms with Crippen LogP contribution in [-0.4, -0.2) is 35.8 Å². The van der Waals surface area contributed by atoms with E-state index in [4.69, 9.17) is 5.73 Å². The highest BCUT2D eigenvalue weighted by atomic mass is 35.5. The summed E-state index contributed by atoms with van der Waals surface area (Å²) >= 11 is 0. The van der Waals surface area contributed by atoms with Crippen molar-refractivity contribution in [2.45, 2.75) is 51.0 Å². The van der Waals surface area contributed by atoms with Gasteiger partial charge in [-0.2, -0.15) is 0 Å². The summed E-state index contributed by atoms with van der Waals surface area (Å²) < 4.78 is 0. The van der Waals surface area contributed by atoms with Crippen molar-refractivity contribution in [3.8, 4) is 0 Å². The summed E-state index contributed by atoms with van der Waals surface area (Å²) in [6, 6.07) is 7.41. The van der Waals surface area contributed by atoms with Gasteiger partial charge in [0.2, 0.25) is 5.91 Å². The van der Waals surface area contributed by atoms with Crippen LogP contribution in [0.5, 0.6) is 0 Å². The number of hydrogen-bond donors (Lipinski definition) is 2. The molecule has 0 aromatic heterocycles. The van der Waals surface area contributed by atoms with E-state index >= 15 is 0 Å². The molecule has 1 atom stereocenters. The van der Waals surface area contributed by atoms with Gasteiger partial charge in [0.25, 0.3) is 5.91 Å². The van der Waals surface area contributed by atoms with E-state index < -0.39 is 0 Å². The Hall–Kier alpha value is -1.59. The molecule has 1 heterocycles. The lowest BCUT2D eigenvalue weighted by Crippen LogP contribution is -2.39. The summed E-state index contributed by atoms with van der Waals surface area (Å²) in [6.07, 6.45) is 7.41. The first-order chi connectivity index (χ1) is 11.7. The molecule has 0 radical (unpaired) electrons. The van der Waals surface area contributed by atoms with Crippen LogP contribution in [0.2, 0.25) is 0 Å². The number of anilines is 1. The van der Waals surface area contributed by atoms with E-state index in [0.717, 1.165) is 45.1 Å². The van der Waals surface area contributed by atoms with Gasteiger partial charge >= 0.3 is 0 Å². The Balaban J connectivity index is 0.00000225. The molecule has 138 valence electrons. The van der Waals surface area contributed by atoms with Crippen molar-refractivity contribution in [1.29, 1.82) is 0 Å². The second kappa shape index (κ2) is 9.20. The summed E-state index contributed by atoms with van der Waals surface area (Å²) in [5, 5.41) is 2.99. The van der Waals surface area contributed by atoms with Crippen LogP contribution in [-0.2, 0) is 4.79 Å². The van der Waals surface area contributed by atoms with Crippen LogP contribution in [0.15, 0.2) is 24.3 Å². The summed E-state index contributed by atoms with van der Waals surface area (Å²) in [4.78, 5) is 27.0. The topological polar surface area (TPSA) is 75.4 Å². The van der Waals surface area contributed by atoms with Crippen molar-refractivity contribution in [2.75, 3.05) is 18.4 Å². The van der Waals surface area contributed by atoms with E-state index in [2.05, 4.69) is 5.32 Å². The molecule has 2 fully saturated rings. The molecule has 1 unspecified atom stereocenters. The minimum Gasteiger partial charge on any atom is -0.334 e. The Labute approximate surface area is 155 Å². The van der Waals surface area contributed by atoms with Gasteiger partial charge in [0.15, 0.2) is 0 Å². The first-order valence-electron chi connectivity index (χ1n) is 9.11. The third kappa shape index (κ3) is 4.73. The molecule has 3 N–H and O–H groups in total. The van der Waals surface area contributed by atoms with Gasteiger partial charge in [0.05, 0.1) is 0 Å². The average molecular weight is 366 g/mol. The van der Waals surface area contributed by atoms with Crippen molar-refractivity contribution in [1.82, 2.24) is 4.90 Å². The maximum atomic E-state index is 12.7. The van der Waals surface area contributed by atoms with Crippen LogP contribution in [0.25, 0.3) is 0 Å². The van der Waals surface area contributed by atoms with Gasteiger partial charge in [-0.1, -0.05) is 25.3 Å². The molecule has 25 heavy (non-hydrogen) atoms. The summed E-state index contributed by atoms with van der Waals surface area (Å²) in [6.45, 7) is 1.27. The van der Waals surface area contributed by atoms with Crippen LogP contribution in [0.4, 0.5) is 5.69 Å². The monoisotopic (exact) mass is 365 g/mol. The van der Waals surface area contributed by atoms with Gasteiger partial charge in [-0.25, -0.2) is 0 Å². The molecule has 1 aliphatic heterocycles. The maximum Gasteiger partial charge on any atom is 0.254 e. The van der Waals surface area contributed by atoms with Crippen molar-refractivity contribution >= 4 is 29.9 Å². The number of nitrogens with two attached hydrogens (primary N) is 1. The molecule has 2 aliphatic rings. The Morgan fingerprint density at radius 3 is 2.60 bits per heavy atom. The van der Waals surface area contributed by atoms with Crippen molar-refractivity contribution in [3.63, 3.8) is 0 Å². The van der Waals surface area contributed by atoms with E-state index in [1.165, 1.54) is 6.42 Å². The van der Waals surface area contributed by atoms with Gasteiger partial charge in [-0.3, -0.25) is 9.59 Å². The molecule has 1 saturated carbocycles. The van der Waals surface area contributed by atoms with E-state index in [1.54, 1.807) is 6.07 Å². The first-order valence-corrected chi connectivity index (χ1v) is 9.11. The zero-order valence-corrected chi connectivity index (χ0v) is 15.4. The fourth-order valence-corrected chi connectivity index (χ4v) is 3.85. The number of carbonyl (C=O) groups excluding carboxylic acids is 2. The third-order valence-corrected chi connectivity index (χ3v) is 5.26. The van der Waals surface area contributed by atoms with E-state index in [1.807, 2.05) is 23.1 Å². The molecular formula is C19H28ClN3O2. The second-order valence-corrected chi connectivity index (χ2v) is 6.94. The highest BCUT2D eigenvalue weighted by molar-refractivity contribution is 5.98. The maximum absolute atomic E-state index is 12.7. The molecule has 3 rings (SSSR count). The largest absolute Gasteiger partial charge is 0.334 e. The van der Waals surface area contributed by atoms with E-state index in [9.17, 15) is 9.59 Å². The molecule has 6 heteroatoms. The minimum absolute atomic E-state index is 0. The van der Waals surface area contributed by atoms with Crippen molar-refractivity contribution < 1.29 is 9.59 Å². The molecule has 1 aromatic carbocycles. The Morgan fingerprint density at radius 1 is 1.12 bits per heavy atom. The average Bonchev–Trinajstić information content (AvgIpc) is 3.10. The normalized spacial score (nSPS) is 20.8. The number of hydrogen-bond acceptors (Lipinski definition) is 3. The number of amides is 2. The van der Waals surface area contributed by atoms with Crippen LogP contribution in [0, 0.1) is 5.92 Å². The quantitative estimate of drug-likeness (QED) is 0.860. The zero-order chi connectivity index (χ0) is 16.9. The summed E-state index contributed by atoms with van der Waals surface area (Å²) in [7, 11) is 0. The highest BCUT2D eigenvalue weighted by Gasteiger charge is 2.28. The predicted molar refractivity (Wildman–Crippen MR) is 102 cm³/mol. The summed E-state index contributed by atoms with van der Waals surface area (Å²) in [5.41, 5.74) is 7.10. The van der Waals surface area contributed by atoms with Crippen LogP contribution < -0.4 is 11.1 Å². The summed E-state index contributed by atoms with van der Waals surface area (Å²) in [5.74, 6) is 0.204. The van der Waals surface area contributed by atoms with E-state index in [0.29, 0.717) is 17.8 Å². The smallest absolute Gasteiger partial charge is 0.254 e. The zero-order valence-electron chi connectivity index (χ0n) is 14.6. The molecule has 5 nitrogen and oxygen atoms in total. The number of benzene rings is 1. The van der Waals surface area contributed by atoms with Gasteiger partial charge in [-0.15, -0.1) is 12.4 Å². The fourth-order valence-electron chi connectivity index (χ4n) is 3.85. The Bertz CT molecular complexity index is 602. The Morgan fingerprint density at radius 2 is 1.88 bits per heavy atom. The fraction of sp³-hybridized carbons (Fsp3) is 0.579. The number of likely N-dealkylation sites (tertiary alicyclic amines) is 1. The number of nitrogens with zero attached hydrogens (tertiary/aromatic N) is 1. The standard InChI is InChI=1S/C19H27N3O2.ClH/c20-13-17-10-5-11-22(17)19(24)15-8-4-9-16(12-15)21-18(23)14-6-2-1-3-7-14;/h4,8-9,12,14,17H,1-3,5-7,10-11,13,20H2,(H,21,23);1H. The van der Waals surface area contributed by atoms with Crippen molar-refractivity contribution in [2.24, 2.45) is 11.7 Å². The van der Waals surface area contributed by atoms with E-state index in [-0.39, 0.29) is 36.2 Å². The van der Waals surface area contributed by atoms with Gasteiger partial charge in [0, 0.05) is 36.3 Å². The van der Waals surface area contributed by atoms with Crippen molar-refractivity contribution in [3.05, 3.63) is 29.8 Å². The highest BCUT2D eigenvalue weighted by Crippen LogP contribution is 2.25. The molecule has 2 amide bonds. The molecule has 1 aromatic rings. The van der Waals surface area contributed by atoms with Crippen LogP contribution in [0.3, 0.4) is 0 Å². The van der Waals surface area contributed by atoms with Crippen LogP contribution in [0.1, 0.15) is 55.3 Å². The van der Waals surface area contributed by atoms with Gasteiger partial charge in [-0.05, 0) is 43.9 Å². The van der Waals surface area contributed by atoms with Crippen LogP contribution >= 0.6 is 12.4 Å². The number of nitrogens with one attached hydrogen (secondary N) is 1. The first kappa shape index (κ1) is 19.7. The lowest BCUT2D eigenvalue weighted by Gasteiger charge is -2.24. The lowest BCUT2D eigenvalue weighted by molar-refractivity contribution is -0.120. The molecule has 0 bridgehead atoms. The molecule has 0 spiro atoms. The molecule has 1 saturated heterocycles. The molecule has 1 aliphatic carbocycles. The third-order valence-electron chi connectivity index (χ3n) is 5.26. The van der Waals surface area contributed by atoms with Gasteiger partial charge in [0.1, 0.15) is 0 Å². The second-order valence-electron chi connectivity index (χ2n) is 6.94. The number of halogens is 1. The predicted octanol–water partition coefficient (Wildman–Crippen LogP) is 3.19. The number of carbonyl (C=O) groups is 2. The number of rotatable bonds is 4.